The van der Waals surface area contributed by atoms with Gasteiger partial charge in [-0.15, -0.1) is 0 Å². The third-order valence-corrected chi connectivity index (χ3v) is 6.60. The van der Waals surface area contributed by atoms with E-state index in [4.69, 9.17) is 0 Å². The van der Waals surface area contributed by atoms with Crippen LogP contribution in [0, 0.1) is 0 Å². The Balaban J connectivity index is 1.84. The van der Waals surface area contributed by atoms with Crippen LogP contribution in [0.15, 0.2) is 35.9 Å². The smallest absolute Gasteiger partial charge is 0.254 e. The van der Waals surface area contributed by atoms with E-state index < -0.39 is 9.84 Å². The Hall–Kier alpha value is -1.86. The Morgan fingerprint density at radius 1 is 1.16 bits per heavy atom. The summed E-state index contributed by atoms with van der Waals surface area (Å²) in [6.07, 6.45) is 2.10. The maximum Gasteiger partial charge on any atom is 0.254 e. The molecule has 2 saturated heterocycles. The van der Waals surface area contributed by atoms with Gasteiger partial charge in [0.2, 0.25) is 0 Å². The Labute approximate surface area is 148 Å². The second-order valence-corrected chi connectivity index (χ2v) is 9.19. The first-order valence-corrected chi connectivity index (χ1v) is 10.3. The summed E-state index contributed by atoms with van der Waals surface area (Å²) in [4.78, 5) is 16.7. The molecule has 0 saturated carbocycles. The number of hydrogen-bond acceptors (Lipinski definition) is 5. The van der Waals surface area contributed by atoms with Crippen LogP contribution in [-0.4, -0.2) is 72.5 Å². The van der Waals surface area contributed by atoms with Crippen molar-refractivity contribution in [3.63, 3.8) is 0 Å². The van der Waals surface area contributed by atoms with Crippen LogP contribution in [0.2, 0.25) is 0 Å². The number of phenolic OH excluding ortho intramolecular Hbond substituents is 1. The number of sulfone groups is 1. The van der Waals surface area contributed by atoms with E-state index in [1.54, 1.807) is 17.0 Å². The fraction of sp³-hybridized carbons (Fsp3) is 0.500. The van der Waals surface area contributed by atoms with Gasteiger partial charge in [0.1, 0.15) is 5.75 Å². The predicted molar refractivity (Wildman–Crippen MR) is 96.4 cm³/mol. The molecule has 0 spiro atoms. The maximum absolute atomic E-state index is 12.9. The van der Waals surface area contributed by atoms with Gasteiger partial charge in [-0.3, -0.25) is 9.69 Å². The molecule has 3 rings (SSSR count). The number of carbonyl (C=O) groups is 1. The first-order valence-electron chi connectivity index (χ1n) is 8.45. The standard InChI is InChI=1S/C18H24N2O4S/c1-13(2)7-8-19-9-10-20(17-12-25(23,24)11-16(17)19)18(22)14-3-5-15(21)6-4-14/h3-7,16-17,21H,8-12H2,1-2H3/t16-,17+/m1/s1. The molecule has 2 fully saturated rings. The van der Waals surface area contributed by atoms with Crippen molar-refractivity contribution in [1.82, 2.24) is 9.80 Å². The summed E-state index contributed by atoms with van der Waals surface area (Å²) in [5, 5.41) is 9.39. The topological polar surface area (TPSA) is 77.9 Å². The number of fused-ring (bicyclic) bond motifs is 1. The Morgan fingerprint density at radius 3 is 2.44 bits per heavy atom. The highest BCUT2D eigenvalue weighted by Gasteiger charge is 2.47. The average molecular weight is 364 g/mol. The fourth-order valence-corrected chi connectivity index (χ4v) is 5.59. The minimum Gasteiger partial charge on any atom is -0.508 e. The molecule has 0 radical (unpaired) electrons. The van der Waals surface area contributed by atoms with Gasteiger partial charge >= 0.3 is 0 Å². The normalized spacial score (nSPS) is 25.4. The fourth-order valence-electron chi connectivity index (χ4n) is 3.57. The second-order valence-electron chi connectivity index (χ2n) is 7.03. The third kappa shape index (κ3) is 3.88. The zero-order chi connectivity index (χ0) is 18.2. The monoisotopic (exact) mass is 364 g/mol. The number of rotatable bonds is 3. The van der Waals surface area contributed by atoms with Gasteiger partial charge in [0.25, 0.3) is 5.91 Å². The van der Waals surface area contributed by atoms with Crippen molar-refractivity contribution in [3.8, 4) is 5.75 Å². The van der Waals surface area contributed by atoms with Gasteiger partial charge in [-0.1, -0.05) is 11.6 Å². The number of hydrogen-bond donors (Lipinski definition) is 1. The van der Waals surface area contributed by atoms with E-state index in [0.717, 1.165) is 0 Å². The lowest BCUT2D eigenvalue weighted by Gasteiger charge is -2.43. The molecule has 1 N–H and O–H groups in total. The van der Waals surface area contributed by atoms with Crippen molar-refractivity contribution in [2.45, 2.75) is 25.9 Å². The van der Waals surface area contributed by atoms with Crippen LogP contribution in [0.25, 0.3) is 0 Å². The molecular weight excluding hydrogens is 340 g/mol. The van der Waals surface area contributed by atoms with Gasteiger partial charge in [0.05, 0.1) is 17.5 Å². The summed E-state index contributed by atoms with van der Waals surface area (Å²) >= 11 is 0. The van der Waals surface area contributed by atoms with Crippen molar-refractivity contribution in [2.75, 3.05) is 31.1 Å². The molecule has 1 amide bonds. The van der Waals surface area contributed by atoms with E-state index in [9.17, 15) is 18.3 Å². The molecule has 2 aliphatic rings. The lowest BCUT2D eigenvalue weighted by atomic mass is 10.0. The molecule has 7 heteroatoms. The van der Waals surface area contributed by atoms with Crippen LogP contribution in [0.1, 0.15) is 24.2 Å². The number of amides is 1. The molecule has 25 heavy (non-hydrogen) atoms. The first kappa shape index (κ1) is 17.9. The van der Waals surface area contributed by atoms with Gasteiger partial charge in [-0.2, -0.15) is 0 Å². The molecule has 2 heterocycles. The molecule has 0 aliphatic carbocycles. The first-order chi connectivity index (χ1) is 11.8. The Bertz CT molecular complexity index is 782. The number of aromatic hydroxyl groups is 1. The highest BCUT2D eigenvalue weighted by Crippen LogP contribution is 2.28. The Kier molecular flexibility index (Phi) is 4.88. The SMILES string of the molecule is CC(C)=CCN1CCN(C(=O)c2ccc(O)cc2)[C@H]2CS(=O)(=O)C[C@H]21. The molecule has 2 atom stereocenters. The summed E-state index contributed by atoms with van der Waals surface area (Å²) in [5.41, 5.74) is 1.67. The molecule has 6 nitrogen and oxygen atoms in total. The van der Waals surface area contributed by atoms with Crippen LogP contribution < -0.4 is 0 Å². The zero-order valence-electron chi connectivity index (χ0n) is 14.6. The minimum absolute atomic E-state index is 0.0206. The van der Waals surface area contributed by atoms with Gasteiger partial charge in [-0.05, 0) is 38.1 Å². The molecule has 1 aromatic carbocycles. The van der Waals surface area contributed by atoms with Crippen LogP contribution in [-0.2, 0) is 9.84 Å². The lowest BCUT2D eigenvalue weighted by Crippen LogP contribution is -2.60. The van der Waals surface area contributed by atoms with Crippen LogP contribution in [0.5, 0.6) is 5.75 Å². The van der Waals surface area contributed by atoms with E-state index in [0.29, 0.717) is 25.2 Å². The van der Waals surface area contributed by atoms with Crippen molar-refractivity contribution < 1.29 is 18.3 Å². The van der Waals surface area contributed by atoms with Crippen molar-refractivity contribution in [2.24, 2.45) is 0 Å². The van der Waals surface area contributed by atoms with Gasteiger partial charge in [0.15, 0.2) is 9.84 Å². The van der Waals surface area contributed by atoms with Gasteiger partial charge in [0, 0.05) is 31.2 Å². The summed E-state index contributed by atoms with van der Waals surface area (Å²) in [6.45, 7) is 5.92. The highest BCUT2D eigenvalue weighted by atomic mass is 32.2. The summed E-state index contributed by atoms with van der Waals surface area (Å²) in [5.74, 6) is 0.0545. The molecular formula is C18H24N2O4S. The molecule has 0 aromatic heterocycles. The van der Waals surface area contributed by atoms with Gasteiger partial charge < -0.3 is 10.0 Å². The molecule has 2 aliphatic heterocycles. The van der Waals surface area contributed by atoms with Crippen molar-refractivity contribution >= 4 is 15.7 Å². The average Bonchev–Trinajstić information content (AvgIpc) is 2.87. The van der Waals surface area contributed by atoms with E-state index in [-0.39, 0.29) is 35.2 Å². The number of benzene rings is 1. The van der Waals surface area contributed by atoms with E-state index >= 15 is 0 Å². The molecule has 0 bridgehead atoms. The zero-order valence-corrected chi connectivity index (χ0v) is 15.4. The van der Waals surface area contributed by atoms with Crippen molar-refractivity contribution in [1.29, 1.82) is 0 Å². The molecule has 136 valence electrons. The Morgan fingerprint density at radius 2 is 1.80 bits per heavy atom. The van der Waals surface area contributed by atoms with Gasteiger partial charge in [-0.25, -0.2) is 8.42 Å². The third-order valence-electron chi connectivity index (χ3n) is 4.90. The maximum atomic E-state index is 12.9. The van der Waals surface area contributed by atoms with E-state index in [1.807, 2.05) is 13.8 Å². The summed E-state index contributed by atoms with van der Waals surface area (Å²) in [7, 11) is -3.15. The number of nitrogens with zero attached hydrogens (tertiary/aromatic N) is 2. The largest absolute Gasteiger partial charge is 0.508 e. The number of carbonyl (C=O) groups excluding carboxylic acids is 1. The summed E-state index contributed by atoms with van der Waals surface area (Å²) in [6, 6.07) is 5.63. The molecule has 0 unspecified atom stereocenters. The lowest BCUT2D eigenvalue weighted by molar-refractivity contribution is 0.0368. The molecule has 1 aromatic rings. The van der Waals surface area contributed by atoms with Crippen LogP contribution in [0.3, 0.4) is 0 Å². The summed E-state index contributed by atoms with van der Waals surface area (Å²) < 4.78 is 24.4. The highest BCUT2D eigenvalue weighted by molar-refractivity contribution is 7.91. The second kappa shape index (κ2) is 6.80. The van der Waals surface area contributed by atoms with Crippen LogP contribution >= 0.6 is 0 Å². The predicted octanol–water partition coefficient (Wildman–Crippen LogP) is 1.28. The number of allylic oxidation sites excluding steroid dienone is 1. The van der Waals surface area contributed by atoms with Crippen molar-refractivity contribution in [3.05, 3.63) is 41.5 Å². The number of piperazine rings is 1. The van der Waals surface area contributed by atoms with E-state index in [2.05, 4.69) is 11.0 Å². The minimum atomic E-state index is -3.15. The van der Waals surface area contributed by atoms with E-state index in [1.165, 1.54) is 17.7 Å². The number of phenols is 1. The quantitative estimate of drug-likeness (QED) is 0.818. The van der Waals surface area contributed by atoms with Crippen LogP contribution in [0.4, 0.5) is 0 Å².